The zero-order valence-corrected chi connectivity index (χ0v) is 16.1. The molecule has 3 heterocycles. The van der Waals surface area contributed by atoms with Crippen LogP contribution in [0.5, 0.6) is 0 Å². The van der Waals surface area contributed by atoms with Crippen LogP contribution in [0.25, 0.3) is 5.76 Å². The molecule has 9 heteroatoms. The summed E-state index contributed by atoms with van der Waals surface area (Å²) in [6.07, 6.45) is 4.66. The molecule has 154 valence electrons. The van der Waals surface area contributed by atoms with E-state index in [-0.39, 0.29) is 23.4 Å². The van der Waals surface area contributed by atoms with Crippen molar-refractivity contribution in [1.29, 1.82) is 0 Å². The Hall–Kier alpha value is -4.40. The second kappa shape index (κ2) is 8.15. The van der Waals surface area contributed by atoms with Gasteiger partial charge in [0.2, 0.25) is 0 Å². The largest absolute Gasteiger partial charge is 0.507 e. The smallest absolute Gasteiger partial charge is 0.296 e. The summed E-state index contributed by atoms with van der Waals surface area (Å²) in [7, 11) is 0. The van der Waals surface area contributed by atoms with Gasteiger partial charge in [0.25, 0.3) is 17.4 Å². The Morgan fingerprint density at radius 3 is 2.45 bits per heavy atom. The average Bonchev–Trinajstić information content (AvgIpc) is 3.05. The molecular weight excluding hydrogens is 400 g/mol. The molecule has 0 bridgehead atoms. The maximum atomic E-state index is 12.9. The molecule has 1 N–H and O–H groups in total. The molecule has 2 aromatic heterocycles. The molecule has 3 aromatic rings. The summed E-state index contributed by atoms with van der Waals surface area (Å²) in [4.78, 5) is 45.8. The van der Waals surface area contributed by atoms with Gasteiger partial charge in [0.05, 0.1) is 28.8 Å². The maximum absolute atomic E-state index is 12.9. The van der Waals surface area contributed by atoms with Crippen LogP contribution in [0.1, 0.15) is 22.9 Å². The lowest BCUT2D eigenvalue weighted by molar-refractivity contribution is -0.384. The van der Waals surface area contributed by atoms with E-state index in [9.17, 15) is 24.8 Å². The lowest BCUT2D eigenvalue weighted by atomic mass is 9.96. The third-order valence-corrected chi connectivity index (χ3v) is 4.95. The number of pyridine rings is 2. The molecule has 1 saturated heterocycles. The Bertz CT molecular complexity index is 1180. The molecule has 9 nitrogen and oxygen atoms in total. The van der Waals surface area contributed by atoms with Crippen molar-refractivity contribution in [3.8, 4) is 0 Å². The minimum absolute atomic E-state index is 0.0576. The van der Waals surface area contributed by atoms with Crippen LogP contribution >= 0.6 is 0 Å². The predicted molar refractivity (Wildman–Crippen MR) is 109 cm³/mol. The number of nitro groups is 1. The predicted octanol–water partition coefficient (Wildman–Crippen LogP) is 3.01. The van der Waals surface area contributed by atoms with Gasteiger partial charge in [-0.15, -0.1) is 0 Å². The molecule has 4 rings (SSSR count). The van der Waals surface area contributed by atoms with Crippen LogP contribution in [0.3, 0.4) is 0 Å². The van der Waals surface area contributed by atoms with Gasteiger partial charge >= 0.3 is 0 Å². The average molecular weight is 416 g/mol. The minimum Gasteiger partial charge on any atom is -0.507 e. The van der Waals surface area contributed by atoms with Crippen molar-refractivity contribution in [2.45, 2.75) is 12.6 Å². The van der Waals surface area contributed by atoms with Gasteiger partial charge in [-0.1, -0.05) is 12.1 Å². The number of likely N-dealkylation sites (tertiary alicyclic amines) is 1. The lowest BCUT2D eigenvalue weighted by Crippen LogP contribution is -2.29. The number of hydrogen-bond acceptors (Lipinski definition) is 7. The first kappa shape index (κ1) is 19.9. The van der Waals surface area contributed by atoms with Crippen molar-refractivity contribution in [3.05, 3.63) is 106 Å². The van der Waals surface area contributed by atoms with Crippen LogP contribution in [-0.4, -0.2) is 36.6 Å². The number of nitro benzene ring substituents is 1. The van der Waals surface area contributed by atoms with Crippen LogP contribution in [0.2, 0.25) is 0 Å². The number of carbonyl (C=O) groups is 2. The second-order valence-electron chi connectivity index (χ2n) is 6.84. The van der Waals surface area contributed by atoms with E-state index < -0.39 is 28.4 Å². The Balaban J connectivity index is 1.83. The fourth-order valence-corrected chi connectivity index (χ4v) is 3.49. The third kappa shape index (κ3) is 3.76. The zero-order valence-electron chi connectivity index (χ0n) is 16.1. The van der Waals surface area contributed by atoms with Crippen molar-refractivity contribution < 1.29 is 19.6 Å². The molecule has 0 spiro atoms. The summed E-state index contributed by atoms with van der Waals surface area (Å²) in [5, 5.41) is 21.8. The zero-order chi connectivity index (χ0) is 22.0. The number of benzene rings is 1. The van der Waals surface area contributed by atoms with E-state index in [0.29, 0.717) is 11.3 Å². The van der Waals surface area contributed by atoms with E-state index in [2.05, 4.69) is 9.97 Å². The number of aliphatic hydroxyl groups excluding tert-OH is 1. The topological polar surface area (TPSA) is 127 Å². The van der Waals surface area contributed by atoms with Crippen molar-refractivity contribution in [3.63, 3.8) is 0 Å². The van der Waals surface area contributed by atoms with Crippen LogP contribution in [0, 0.1) is 10.1 Å². The highest BCUT2D eigenvalue weighted by Crippen LogP contribution is 2.40. The van der Waals surface area contributed by atoms with Gasteiger partial charge in [-0.2, -0.15) is 0 Å². The van der Waals surface area contributed by atoms with Crippen molar-refractivity contribution in [2.75, 3.05) is 0 Å². The highest BCUT2D eigenvalue weighted by molar-refractivity contribution is 6.46. The van der Waals surface area contributed by atoms with Gasteiger partial charge in [0, 0.05) is 36.3 Å². The fraction of sp³-hybridized carbons (Fsp3) is 0.0909. The van der Waals surface area contributed by atoms with E-state index in [1.54, 1.807) is 42.7 Å². The first-order valence-electron chi connectivity index (χ1n) is 9.30. The number of hydrogen-bond donors (Lipinski definition) is 1. The summed E-state index contributed by atoms with van der Waals surface area (Å²) in [6, 6.07) is 12.8. The molecule has 1 atom stereocenters. The number of nitrogens with zero attached hydrogens (tertiary/aromatic N) is 4. The summed E-state index contributed by atoms with van der Waals surface area (Å²) in [6.45, 7) is 0.0576. The van der Waals surface area contributed by atoms with Crippen molar-refractivity contribution in [2.24, 2.45) is 0 Å². The number of rotatable bonds is 5. The molecule has 1 aliphatic rings. The summed E-state index contributed by atoms with van der Waals surface area (Å²) < 4.78 is 0. The summed E-state index contributed by atoms with van der Waals surface area (Å²) >= 11 is 0. The number of carbonyl (C=O) groups excluding carboxylic acids is 2. The fourth-order valence-electron chi connectivity index (χ4n) is 3.49. The van der Waals surface area contributed by atoms with E-state index in [1.165, 1.54) is 35.4 Å². The Labute approximate surface area is 176 Å². The molecule has 1 aromatic carbocycles. The van der Waals surface area contributed by atoms with E-state index in [1.807, 2.05) is 0 Å². The van der Waals surface area contributed by atoms with Gasteiger partial charge in [-0.3, -0.25) is 29.7 Å². The lowest BCUT2D eigenvalue weighted by Gasteiger charge is -2.24. The molecule has 0 aliphatic carbocycles. The Morgan fingerprint density at radius 2 is 1.84 bits per heavy atom. The third-order valence-electron chi connectivity index (χ3n) is 4.95. The van der Waals surface area contributed by atoms with E-state index >= 15 is 0 Å². The quantitative estimate of drug-likeness (QED) is 0.223. The van der Waals surface area contributed by atoms with Crippen molar-refractivity contribution >= 4 is 23.1 Å². The van der Waals surface area contributed by atoms with E-state index in [0.717, 1.165) is 0 Å². The number of aromatic nitrogens is 2. The molecule has 1 aliphatic heterocycles. The Morgan fingerprint density at radius 1 is 1.06 bits per heavy atom. The standard InChI is InChI=1S/C22H16N4O5/c27-20(14-6-8-17(9-7-14)26(30)31)18-19(15-4-3-10-23-12-15)25(22(29)21(18)28)13-16-5-1-2-11-24-16/h1-12,19,27H,13H2/b20-18-. The van der Waals surface area contributed by atoms with Gasteiger partial charge in [0.15, 0.2) is 0 Å². The van der Waals surface area contributed by atoms with Gasteiger partial charge in [0.1, 0.15) is 5.76 Å². The number of ketones is 1. The van der Waals surface area contributed by atoms with Crippen LogP contribution in [0.4, 0.5) is 5.69 Å². The monoisotopic (exact) mass is 416 g/mol. The molecule has 1 fully saturated rings. The van der Waals surface area contributed by atoms with Crippen LogP contribution < -0.4 is 0 Å². The summed E-state index contributed by atoms with van der Waals surface area (Å²) in [5.41, 5.74) is 1.05. The molecule has 1 unspecified atom stereocenters. The summed E-state index contributed by atoms with van der Waals surface area (Å²) in [5.74, 6) is -2.03. The minimum atomic E-state index is -0.883. The number of Topliss-reactive ketones (excluding diaryl/α,β-unsaturated/α-hetero) is 1. The molecule has 0 saturated carbocycles. The van der Waals surface area contributed by atoms with Crippen molar-refractivity contribution in [1.82, 2.24) is 14.9 Å². The first-order chi connectivity index (χ1) is 15.0. The number of amides is 1. The van der Waals surface area contributed by atoms with Gasteiger partial charge in [-0.25, -0.2) is 0 Å². The number of non-ortho nitro benzene ring substituents is 1. The maximum Gasteiger partial charge on any atom is 0.296 e. The van der Waals surface area contributed by atoms with Crippen LogP contribution in [0.15, 0.2) is 78.8 Å². The van der Waals surface area contributed by atoms with Gasteiger partial charge in [-0.05, 0) is 35.9 Å². The highest BCUT2D eigenvalue weighted by atomic mass is 16.6. The van der Waals surface area contributed by atoms with Crippen LogP contribution in [-0.2, 0) is 16.1 Å². The SMILES string of the molecule is O=C1C(=O)N(Cc2ccccn2)C(c2cccnc2)/C1=C(/O)c1ccc([N+](=O)[O-])cc1. The first-order valence-corrected chi connectivity index (χ1v) is 9.30. The molecule has 1 amide bonds. The molecule has 0 radical (unpaired) electrons. The normalized spacial score (nSPS) is 17.7. The van der Waals surface area contributed by atoms with E-state index in [4.69, 9.17) is 0 Å². The molecule has 31 heavy (non-hydrogen) atoms. The second-order valence-corrected chi connectivity index (χ2v) is 6.84. The Kier molecular flexibility index (Phi) is 5.23. The van der Waals surface area contributed by atoms with Gasteiger partial charge < -0.3 is 10.0 Å². The highest BCUT2D eigenvalue weighted by Gasteiger charge is 2.46. The molecular formula is C22H16N4O5. The number of aliphatic hydroxyl groups is 1.